The summed E-state index contributed by atoms with van der Waals surface area (Å²) in [6, 6.07) is 2.89. The van der Waals surface area contributed by atoms with Crippen LogP contribution in [-0.2, 0) is 10.0 Å². The van der Waals surface area contributed by atoms with Crippen molar-refractivity contribution in [2.24, 2.45) is 0 Å². The summed E-state index contributed by atoms with van der Waals surface area (Å²) in [5.74, 6) is 0. The Bertz CT molecular complexity index is 511. The minimum atomic E-state index is -3.48. The maximum Gasteiger partial charge on any atom is 0.240 e. The molecule has 1 aliphatic carbocycles. The predicted molar refractivity (Wildman–Crippen MR) is 75.7 cm³/mol. The largest absolute Gasteiger partial charge is 0.244 e. The highest BCUT2D eigenvalue weighted by Gasteiger charge is 2.20. The van der Waals surface area contributed by atoms with E-state index in [0.29, 0.717) is 0 Å². The van der Waals surface area contributed by atoms with E-state index in [1.165, 1.54) is 37.6 Å². The highest BCUT2D eigenvalue weighted by Crippen LogP contribution is 2.20. The summed E-state index contributed by atoms with van der Waals surface area (Å²) >= 11 is 5.74. The van der Waals surface area contributed by atoms with Crippen LogP contribution in [0.25, 0.3) is 0 Å². The molecule has 1 saturated carbocycles. The summed E-state index contributed by atoms with van der Waals surface area (Å²) in [5.41, 5.74) is 0. The number of rotatable bonds is 3. The zero-order chi connectivity index (χ0) is 13.7. The first-order valence-corrected chi connectivity index (χ1v) is 8.58. The summed E-state index contributed by atoms with van der Waals surface area (Å²) in [4.78, 5) is 3.99. The van der Waals surface area contributed by atoms with Crippen LogP contribution < -0.4 is 4.72 Å². The van der Waals surface area contributed by atoms with Crippen LogP contribution in [0.2, 0.25) is 5.15 Å². The van der Waals surface area contributed by atoms with Crippen molar-refractivity contribution in [3.05, 3.63) is 23.5 Å². The highest BCUT2D eigenvalue weighted by molar-refractivity contribution is 7.89. The summed E-state index contributed by atoms with van der Waals surface area (Å²) in [6.45, 7) is 0. The summed E-state index contributed by atoms with van der Waals surface area (Å²) in [6.07, 6.45) is 9.07. The first-order chi connectivity index (χ1) is 9.08. The molecule has 6 heteroatoms. The third-order valence-electron chi connectivity index (χ3n) is 3.44. The monoisotopic (exact) mass is 302 g/mol. The number of sulfonamides is 1. The molecule has 0 unspecified atom stereocenters. The van der Waals surface area contributed by atoms with Gasteiger partial charge in [-0.1, -0.05) is 43.7 Å². The second-order valence-electron chi connectivity index (χ2n) is 4.98. The number of pyridine rings is 1. The van der Waals surface area contributed by atoms with Crippen LogP contribution in [-0.4, -0.2) is 19.4 Å². The average Bonchev–Trinajstić information content (AvgIpc) is 2.32. The van der Waals surface area contributed by atoms with Crippen LogP contribution in [0.3, 0.4) is 0 Å². The maximum absolute atomic E-state index is 12.3. The smallest absolute Gasteiger partial charge is 0.240 e. The first kappa shape index (κ1) is 14.8. The van der Waals surface area contributed by atoms with E-state index in [1.807, 2.05) is 0 Å². The molecular formula is C13H19ClN2O2S. The second-order valence-corrected chi connectivity index (χ2v) is 7.08. The van der Waals surface area contributed by atoms with Gasteiger partial charge >= 0.3 is 0 Å². The molecule has 0 atom stereocenters. The SMILES string of the molecule is O=S(=O)(NC1CCCCCCC1)c1ccnc(Cl)c1. The standard InChI is InChI=1S/C13H19ClN2O2S/c14-13-10-12(8-9-15-13)19(17,18)16-11-6-4-2-1-3-5-7-11/h8-11,16H,1-7H2. The van der Waals surface area contributed by atoms with Crippen molar-refractivity contribution in [2.75, 3.05) is 0 Å². The molecule has 1 fully saturated rings. The van der Waals surface area contributed by atoms with Crippen LogP contribution in [0.5, 0.6) is 0 Å². The van der Waals surface area contributed by atoms with Gasteiger partial charge in [0.1, 0.15) is 5.15 Å². The minimum absolute atomic E-state index is 0.0391. The van der Waals surface area contributed by atoms with E-state index >= 15 is 0 Å². The lowest BCUT2D eigenvalue weighted by Gasteiger charge is -2.20. The van der Waals surface area contributed by atoms with Crippen molar-refractivity contribution in [3.8, 4) is 0 Å². The zero-order valence-electron chi connectivity index (χ0n) is 10.8. The Labute approximate surface area is 119 Å². The Hall–Kier alpha value is -0.650. The van der Waals surface area contributed by atoms with Crippen LogP contribution in [0.15, 0.2) is 23.2 Å². The van der Waals surface area contributed by atoms with Crippen molar-refractivity contribution >= 4 is 21.6 Å². The lowest BCUT2D eigenvalue weighted by molar-refractivity contribution is 0.426. The molecule has 0 aromatic carbocycles. The average molecular weight is 303 g/mol. The highest BCUT2D eigenvalue weighted by atomic mass is 35.5. The van der Waals surface area contributed by atoms with Gasteiger partial charge in [-0.25, -0.2) is 18.1 Å². The molecule has 1 aromatic heterocycles. The molecule has 1 heterocycles. The van der Waals surface area contributed by atoms with Gasteiger partial charge in [0.05, 0.1) is 4.90 Å². The molecule has 0 aliphatic heterocycles. The first-order valence-electron chi connectivity index (χ1n) is 6.72. The Morgan fingerprint density at radius 2 is 1.79 bits per heavy atom. The van der Waals surface area contributed by atoms with Gasteiger partial charge in [-0.2, -0.15) is 0 Å². The van der Waals surface area contributed by atoms with Crippen molar-refractivity contribution in [2.45, 2.75) is 55.9 Å². The van der Waals surface area contributed by atoms with Crippen LogP contribution >= 0.6 is 11.6 Å². The number of nitrogens with zero attached hydrogens (tertiary/aromatic N) is 1. The second kappa shape index (κ2) is 6.68. The maximum atomic E-state index is 12.3. The quantitative estimate of drug-likeness (QED) is 0.873. The molecule has 0 spiro atoms. The number of aromatic nitrogens is 1. The molecule has 1 N–H and O–H groups in total. The van der Waals surface area contributed by atoms with Gasteiger partial charge in [0.25, 0.3) is 0 Å². The fourth-order valence-corrected chi connectivity index (χ4v) is 3.97. The van der Waals surface area contributed by atoms with Gasteiger partial charge in [0.15, 0.2) is 0 Å². The summed E-state index contributed by atoms with van der Waals surface area (Å²) in [7, 11) is -3.48. The number of hydrogen-bond donors (Lipinski definition) is 1. The van der Waals surface area contributed by atoms with Gasteiger partial charge in [0, 0.05) is 12.2 Å². The minimum Gasteiger partial charge on any atom is -0.244 e. The molecular weight excluding hydrogens is 284 g/mol. The topological polar surface area (TPSA) is 59.1 Å². The van der Waals surface area contributed by atoms with Gasteiger partial charge < -0.3 is 0 Å². The molecule has 106 valence electrons. The summed E-state index contributed by atoms with van der Waals surface area (Å²) < 4.78 is 27.3. The van der Waals surface area contributed by atoms with Gasteiger partial charge in [-0.15, -0.1) is 0 Å². The number of halogens is 1. The van der Waals surface area contributed by atoms with E-state index in [-0.39, 0.29) is 16.1 Å². The predicted octanol–water partition coefficient (Wildman–Crippen LogP) is 3.13. The molecule has 2 rings (SSSR count). The Morgan fingerprint density at radius 1 is 1.16 bits per heavy atom. The molecule has 0 radical (unpaired) electrons. The fourth-order valence-electron chi connectivity index (χ4n) is 2.41. The lowest BCUT2D eigenvalue weighted by atomic mass is 9.97. The Morgan fingerprint density at radius 3 is 2.42 bits per heavy atom. The van der Waals surface area contributed by atoms with Crippen molar-refractivity contribution < 1.29 is 8.42 Å². The van der Waals surface area contributed by atoms with Gasteiger partial charge in [-0.3, -0.25) is 0 Å². The van der Waals surface area contributed by atoms with E-state index in [1.54, 1.807) is 0 Å². The molecule has 19 heavy (non-hydrogen) atoms. The normalized spacial score (nSPS) is 18.8. The molecule has 1 aromatic rings. The van der Waals surface area contributed by atoms with E-state index in [9.17, 15) is 8.42 Å². The Kier molecular flexibility index (Phi) is 5.19. The Balaban J connectivity index is 2.07. The van der Waals surface area contributed by atoms with Crippen LogP contribution in [0.4, 0.5) is 0 Å². The fraction of sp³-hybridized carbons (Fsp3) is 0.615. The van der Waals surface area contributed by atoms with Crippen molar-refractivity contribution in [3.63, 3.8) is 0 Å². The van der Waals surface area contributed by atoms with Gasteiger partial charge in [-0.05, 0) is 25.0 Å². The third-order valence-corrected chi connectivity index (χ3v) is 5.16. The van der Waals surface area contributed by atoms with E-state index in [0.717, 1.165) is 25.7 Å². The molecule has 0 saturated heterocycles. The van der Waals surface area contributed by atoms with E-state index in [2.05, 4.69) is 9.71 Å². The zero-order valence-corrected chi connectivity index (χ0v) is 12.4. The van der Waals surface area contributed by atoms with E-state index < -0.39 is 10.0 Å². The number of hydrogen-bond acceptors (Lipinski definition) is 3. The molecule has 0 bridgehead atoms. The van der Waals surface area contributed by atoms with Crippen molar-refractivity contribution in [1.29, 1.82) is 0 Å². The molecule has 1 aliphatic rings. The van der Waals surface area contributed by atoms with E-state index in [4.69, 9.17) is 11.6 Å². The van der Waals surface area contributed by atoms with Crippen LogP contribution in [0, 0.1) is 0 Å². The molecule has 0 amide bonds. The van der Waals surface area contributed by atoms with Gasteiger partial charge in [0.2, 0.25) is 10.0 Å². The summed E-state index contributed by atoms with van der Waals surface area (Å²) in [5, 5.41) is 0.195. The lowest BCUT2D eigenvalue weighted by Crippen LogP contribution is -2.35. The van der Waals surface area contributed by atoms with Crippen LogP contribution in [0.1, 0.15) is 44.9 Å². The van der Waals surface area contributed by atoms with Crippen molar-refractivity contribution in [1.82, 2.24) is 9.71 Å². The third kappa shape index (κ3) is 4.44. The number of nitrogens with one attached hydrogen (secondary N) is 1. The molecule has 4 nitrogen and oxygen atoms in total.